The van der Waals surface area contributed by atoms with Crippen LogP contribution in [0.15, 0.2) is 33.9 Å². The fourth-order valence-corrected chi connectivity index (χ4v) is 2.67. The zero-order valence-electron chi connectivity index (χ0n) is 15.2. The number of alkyl halides is 3. The van der Waals surface area contributed by atoms with Crippen molar-refractivity contribution in [2.45, 2.75) is 19.1 Å². The largest absolute Gasteiger partial charge is 0.416 e. The smallest absolute Gasteiger partial charge is 0.292 e. The molecule has 0 N–H and O–H groups in total. The van der Waals surface area contributed by atoms with Crippen molar-refractivity contribution in [3.63, 3.8) is 0 Å². The topological polar surface area (TPSA) is 118 Å². The second-order valence-corrected chi connectivity index (χ2v) is 6.12. The van der Waals surface area contributed by atoms with Gasteiger partial charge >= 0.3 is 11.9 Å². The van der Waals surface area contributed by atoms with E-state index in [1.807, 2.05) is 0 Å². The summed E-state index contributed by atoms with van der Waals surface area (Å²) in [5, 5.41) is 14.2. The van der Waals surface area contributed by atoms with Crippen molar-refractivity contribution in [1.29, 1.82) is 0 Å². The number of nitrogens with zero attached hydrogens (tertiary/aromatic N) is 7. The monoisotopic (exact) mass is 409 g/mol. The van der Waals surface area contributed by atoms with E-state index in [0.29, 0.717) is 4.57 Å². The van der Waals surface area contributed by atoms with Crippen LogP contribution in [0.1, 0.15) is 27.4 Å². The van der Waals surface area contributed by atoms with Gasteiger partial charge in [-0.2, -0.15) is 18.3 Å². The van der Waals surface area contributed by atoms with Gasteiger partial charge < -0.3 is 0 Å². The van der Waals surface area contributed by atoms with Gasteiger partial charge in [-0.3, -0.25) is 14.2 Å². The lowest BCUT2D eigenvalue weighted by molar-refractivity contribution is -0.138. The molecule has 10 nitrogen and oxygen atoms in total. The Morgan fingerprint density at radius 2 is 1.79 bits per heavy atom. The van der Waals surface area contributed by atoms with Crippen LogP contribution in [-0.2, 0) is 33.2 Å². The van der Waals surface area contributed by atoms with E-state index in [1.54, 1.807) is 0 Å². The number of rotatable bonds is 5. The molecule has 0 aliphatic rings. The number of aryl methyl sites for hydroxylation is 2. The van der Waals surface area contributed by atoms with Crippen LogP contribution in [0.2, 0.25) is 0 Å². The van der Waals surface area contributed by atoms with E-state index in [1.165, 1.54) is 30.9 Å². The van der Waals surface area contributed by atoms with Crippen molar-refractivity contribution >= 4 is 5.78 Å². The van der Waals surface area contributed by atoms with Crippen LogP contribution in [-0.4, -0.2) is 40.3 Å². The number of hydrogen-bond acceptors (Lipinski definition) is 7. The highest BCUT2D eigenvalue weighted by atomic mass is 19.4. The zero-order chi connectivity index (χ0) is 21.3. The third-order valence-corrected chi connectivity index (χ3v) is 4.15. The minimum Gasteiger partial charge on any atom is -0.292 e. The van der Waals surface area contributed by atoms with E-state index in [9.17, 15) is 27.6 Å². The first-order valence-electron chi connectivity index (χ1n) is 8.17. The fourth-order valence-electron chi connectivity index (χ4n) is 2.67. The summed E-state index contributed by atoms with van der Waals surface area (Å²) in [6, 6.07) is 4.55. The molecule has 0 aliphatic heterocycles. The molecule has 29 heavy (non-hydrogen) atoms. The molecule has 0 amide bonds. The van der Waals surface area contributed by atoms with E-state index in [2.05, 4.69) is 20.6 Å². The van der Waals surface area contributed by atoms with Crippen LogP contribution in [0.5, 0.6) is 0 Å². The van der Waals surface area contributed by atoms with E-state index < -0.39 is 41.0 Å². The van der Waals surface area contributed by atoms with Gasteiger partial charge in [0.05, 0.1) is 18.5 Å². The van der Waals surface area contributed by atoms with Gasteiger partial charge in [0, 0.05) is 14.1 Å². The maximum absolute atomic E-state index is 13.2. The van der Waals surface area contributed by atoms with E-state index >= 15 is 0 Å². The average Bonchev–Trinajstić information content (AvgIpc) is 3.05. The molecular formula is C16H14F3N7O3. The highest BCUT2D eigenvalue weighted by molar-refractivity contribution is 5.94. The SMILES string of the molecule is Cn1nnnc1CC(=O)c1nn(C)c(=O)n(Cc2ccccc2C(F)(F)F)c1=O. The molecule has 0 unspecified atom stereocenters. The van der Waals surface area contributed by atoms with E-state index in [-0.39, 0.29) is 17.8 Å². The quantitative estimate of drug-likeness (QED) is 0.543. The minimum absolute atomic E-state index is 0.152. The van der Waals surface area contributed by atoms with Gasteiger partial charge in [-0.05, 0) is 22.1 Å². The summed E-state index contributed by atoms with van der Waals surface area (Å²) in [6.07, 6.45) is -5.04. The Balaban J connectivity index is 2.06. The summed E-state index contributed by atoms with van der Waals surface area (Å²) in [7, 11) is 2.68. The summed E-state index contributed by atoms with van der Waals surface area (Å²) in [5.41, 5.74) is -3.92. The highest BCUT2D eigenvalue weighted by Gasteiger charge is 2.33. The molecule has 13 heteroatoms. The number of Topliss-reactive ketones (excluding diaryl/α,β-unsaturated/α-hetero) is 1. The molecule has 3 aromatic rings. The molecule has 2 aromatic heterocycles. The number of halogens is 3. The summed E-state index contributed by atoms with van der Waals surface area (Å²) in [4.78, 5) is 37.5. The highest BCUT2D eigenvalue weighted by Crippen LogP contribution is 2.31. The molecule has 1 aromatic carbocycles. The number of carbonyl (C=O) groups excluding carboxylic acids is 1. The third kappa shape index (κ3) is 3.97. The van der Waals surface area contributed by atoms with Crippen molar-refractivity contribution in [1.82, 2.24) is 34.6 Å². The normalized spacial score (nSPS) is 11.6. The van der Waals surface area contributed by atoms with Gasteiger partial charge in [0.1, 0.15) is 0 Å². The number of tetrazole rings is 1. The number of ketones is 1. The Morgan fingerprint density at radius 1 is 1.10 bits per heavy atom. The number of aromatic nitrogens is 7. The predicted molar refractivity (Wildman–Crippen MR) is 91.1 cm³/mol. The first kappa shape index (κ1) is 20.1. The first-order valence-corrected chi connectivity index (χ1v) is 8.17. The Labute approximate surface area is 160 Å². The second-order valence-electron chi connectivity index (χ2n) is 6.12. The fraction of sp³-hybridized carbons (Fsp3) is 0.312. The standard InChI is InChI=1S/C16H14F3N7O3/c1-24-12(20-22-23-24)7-11(27)13-14(28)26(15(29)25(2)21-13)8-9-5-3-4-6-10(9)16(17,18)19/h3-6H,7-8H2,1-2H3. The molecule has 0 bridgehead atoms. The Kier molecular flexibility index (Phi) is 5.14. The summed E-state index contributed by atoms with van der Waals surface area (Å²) >= 11 is 0. The maximum atomic E-state index is 13.2. The van der Waals surface area contributed by atoms with Gasteiger partial charge in [0.25, 0.3) is 5.56 Å². The van der Waals surface area contributed by atoms with Crippen LogP contribution in [0, 0.1) is 0 Å². The van der Waals surface area contributed by atoms with Crippen LogP contribution in [0.4, 0.5) is 13.2 Å². The summed E-state index contributed by atoms with van der Waals surface area (Å²) in [5.74, 6) is -0.625. The Hall–Kier alpha value is -3.64. The van der Waals surface area contributed by atoms with Crippen LogP contribution < -0.4 is 11.2 Å². The molecule has 0 radical (unpaired) electrons. The third-order valence-electron chi connectivity index (χ3n) is 4.15. The molecule has 3 rings (SSSR count). The van der Waals surface area contributed by atoms with Crippen molar-refractivity contribution in [2.24, 2.45) is 14.1 Å². The lowest BCUT2D eigenvalue weighted by atomic mass is 10.1. The van der Waals surface area contributed by atoms with Crippen LogP contribution in [0.25, 0.3) is 0 Å². The van der Waals surface area contributed by atoms with Crippen LogP contribution >= 0.6 is 0 Å². The van der Waals surface area contributed by atoms with Crippen molar-refractivity contribution in [2.75, 3.05) is 0 Å². The van der Waals surface area contributed by atoms with Gasteiger partial charge in [0.2, 0.25) is 0 Å². The second kappa shape index (κ2) is 7.41. The molecule has 0 saturated heterocycles. The molecule has 0 atom stereocenters. The average molecular weight is 409 g/mol. The van der Waals surface area contributed by atoms with E-state index in [0.717, 1.165) is 16.8 Å². The van der Waals surface area contributed by atoms with Crippen LogP contribution in [0.3, 0.4) is 0 Å². The number of hydrogen-bond donors (Lipinski definition) is 0. The zero-order valence-corrected chi connectivity index (χ0v) is 15.2. The van der Waals surface area contributed by atoms with Gasteiger partial charge in [0.15, 0.2) is 17.3 Å². The molecule has 0 fully saturated rings. The minimum atomic E-state index is -4.67. The lowest BCUT2D eigenvalue weighted by Crippen LogP contribution is -2.44. The number of benzene rings is 1. The molecule has 152 valence electrons. The molecular weight excluding hydrogens is 395 g/mol. The first-order chi connectivity index (χ1) is 13.6. The Morgan fingerprint density at radius 3 is 2.41 bits per heavy atom. The molecule has 0 saturated carbocycles. The van der Waals surface area contributed by atoms with Crippen molar-refractivity contribution in [3.8, 4) is 0 Å². The van der Waals surface area contributed by atoms with Crippen molar-refractivity contribution < 1.29 is 18.0 Å². The lowest BCUT2D eigenvalue weighted by Gasteiger charge is -2.14. The summed E-state index contributed by atoms with van der Waals surface area (Å²) < 4.78 is 42.2. The molecule has 0 spiro atoms. The predicted octanol–water partition coefficient (Wildman–Crippen LogP) is -0.0420. The molecule has 2 heterocycles. The van der Waals surface area contributed by atoms with Gasteiger partial charge in [-0.15, -0.1) is 5.10 Å². The summed E-state index contributed by atoms with van der Waals surface area (Å²) in [6.45, 7) is -0.671. The van der Waals surface area contributed by atoms with Crippen molar-refractivity contribution in [3.05, 3.63) is 67.7 Å². The van der Waals surface area contributed by atoms with E-state index in [4.69, 9.17) is 0 Å². The maximum Gasteiger partial charge on any atom is 0.416 e. The number of carbonyl (C=O) groups is 1. The molecule has 0 aliphatic carbocycles. The Bertz CT molecular complexity index is 1190. The van der Waals surface area contributed by atoms with Gasteiger partial charge in [-0.25, -0.2) is 14.2 Å². The van der Waals surface area contributed by atoms with Gasteiger partial charge in [-0.1, -0.05) is 18.2 Å².